The second-order valence-corrected chi connectivity index (χ2v) is 7.06. The van der Waals surface area contributed by atoms with Gasteiger partial charge in [0.1, 0.15) is 11.8 Å². The second-order valence-electron chi connectivity index (χ2n) is 7.06. The van der Waals surface area contributed by atoms with Crippen LogP contribution in [0.15, 0.2) is 73.2 Å². The highest BCUT2D eigenvalue weighted by molar-refractivity contribution is 5.85. The number of H-pyrrole nitrogens is 1. The highest BCUT2D eigenvalue weighted by Crippen LogP contribution is 2.38. The van der Waals surface area contributed by atoms with Crippen LogP contribution in [0.4, 0.5) is 17.3 Å². The van der Waals surface area contributed by atoms with Crippen molar-refractivity contribution in [3.05, 3.63) is 90.0 Å². The molecule has 8 nitrogen and oxygen atoms in total. The third-order valence-corrected chi connectivity index (χ3v) is 4.94. The van der Waals surface area contributed by atoms with E-state index in [1.165, 1.54) is 11.8 Å². The molecule has 33 heavy (non-hydrogen) atoms. The molecular formula is C24H24ClN7O. The van der Waals surface area contributed by atoms with E-state index < -0.39 is 0 Å². The van der Waals surface area contributed by atoms with Crippen LogP contribution in [0.25, 0.3) is 0 Å². The summed E-state index contributed by atoms with van der Waals surface area (Å²) in [6.07, 6.45) is 5.59. The molecule has 0 unspecified atom stereocenters. The molecule has 2 N–H and O–H groups in total. The summed E-state index contributed by atoms with van der Waals surface area (Å²) in [5.41, 5.74) is 3.44. The Balaban J connectivity index is 0.00000306. The number of benzene rings is 2. The lowest BCUT2D eigenvalue weighted by Crippen LogP contribution is -2.17. The zero-order valence-electron chi connectivity index (χ0n) is 18.1. The molecular weight excluding hydrogens is 438 g/mol. The first-order chi connectivity index (χ1) is 15.8. The van der Waals surface area contributed by atoms with E-state index in [9.17, 15) is 0 Å². The van der Waals surface area contributed by atoms with Crippen molar-refractivity contribution in [1.82, 2.24) is 25.5 Å². The van der Waals surface area contributed by atoms with Crippen LogP contribution in [-0.2, 0) is 13.0 Å². The minimum absolute atomic E-state index is 0. The molecule has 4 aromatic rings. The Labute approximate surface area is 198 Å². The van der Waals surface area contributed by atoms with Crippen LogP contribution in [0, 0.1) is 11.3 Å². The number of hydrogen-bond donors (Lipinski definition) is 2. The van der Waals surface area contributed by atoms with Crippen molar-refractivity contribution in [3.63, 3.8) is 0 Å². The smallest absolute Gasteiger partial charge is 0.160 e. The molecule has 0 aliphatic carbocycles. The van der Waals surface area contributed by atoms with E-state index in [1.807, 2.05) is 47.4 Å². The molecule has 0 spiro atoms. The largest absolute Gasteiger partial charge is 0.495 e. The van der Waals surface area contributed by atoms with Crippen LogP contribution in [0.2, 0.25) is 0 Å². The minimum Gasteiger partial charge on any atom is -0.495 e. The number of nitrogens with zero attached hydrogens (tertiary/aromatic N) is 5. The van der Waals surface area contributed by atoms with Gasteiger partial charge in [0.2, 0.25) is 0 Å². The normalized spacial score (nSPS) is 10.2. The molecule has 0 radical (unpaired) electrons. The molecule has 9 heteroatoms. The Morgan fingerprint density at radius 2 is 1.88 bits per heavy atom. The lowest BCUT2D eigenvalue weighted by molar-refractivity contribution is 0.415. The van der Waals surface area contributed by atoms with Crippen LogP contribution in [0.5, 0.6) is 5.75 Å². The van der Waals surface area contributed by atoms with Crippen LogP contribution in [0.1, 0.15) is 16.8 Å². The van der Waals surface area contributed by atoms with Crippen LogP contribution in [0.3, 0.4) is 0 Å². The molecule has 4 rings (SSSR count). The van der Waals surface area contributed by atoms with Gasteiger partial charge >= 0.3 is 0 Å². The van der Waals surface area contributed by atoms with E-state index in [1.54, 1.807) is 19.5 Å². The summed E-state index contributed by atoms with van der Waals surface area (Å²) in [5, 5.41) is 19.6. The number of aromatic amines is 1. The van der Waals surface area contributed by atoms with Gasteiger partial charge in [-0.2, -0.15) is 10.4 Å². The highest BCUT2D eigenvalue weighted by Gasteiger charge is 2.20. The maximum Gasteiger partial charge on any atom is 0.160 e. The molecule has 2 aromatic heterocycles. The molecule has 0 atom stereocenters. The summed E-state index contributed by atoms with van der Waals surface area (Å²) in [5.74, 6) is 1.87. The summed E-state index contributed by atoms with van der Waals surface area (Å²) in [6.45, 7) is 1.68. The molecule has 2 aromatic carbocycles. The van der Waals surface area contributed by atoms with Crippen molar-refractivity contribution in [2.24, 2.45) is 0 Å². The van der Waals surface area contributed by atoms with Crippen molar-refractivity contribution in [3.8, 4) is 11.8 Å². The Morgan fingerprint density at radius 1 is 1.03 bits per heavy atom. The van der Waals surface area contributed by atoms with Crippen LogP contribution in [-0.4, -0.2) is 33.8 Å². The first-order valence-electron chi connectivity index (χ1n) is 10.2. The fourth-order valence-corrected chi connectivity index (χ4v) is 3.36. The molecule has 0 fully saturated rings. The fourth-order valence-electron chi connectivity index (χ4n) is 3.36. The summed E-state index contributed by atoms with van der Waals surface area (Å²) in [4.78, 5) is 10.4. The summed E-state index contributed by atoms with van der Waals surface area (Å²) < 4.78 is 5.71. The number of aromatic nitrogens is 4. The van der Waals surface area contributed by atoms with Crippen LogP contribution >= 0.6 is 12.4 Å². The number of nitriles is 1. The second kappa shape index (κ2) is 11.6. The molecule has 0 saturated heterocycles. The van der Waals surface area contributed by atoms with Crippen LogP contribution < -0.4 is 15.0 Å². The minimum atomic E-state index is 0. The van der Waals surface area contributed by atoms with Gasteiger partial charge in [-0.3, -0.25) is 10.00 Å². The first-order valence-corrected chi connectivity index (χ1v) is 10.2. The van der Waals surface area contributed by atoms with Gasteiger partial charge in [0.15, 0.2) is 17.3 Å². The lowest BCUT2D eigenvalue weighted by Gasteiger charge is -2.23. The summed E-state index contributed by atoms with van der Waals surface area (Å²) >= 11 is 0. The lowest BCUT2D eigenvalue weighted by atomic mass is 10.1. The van der Waals surface area contributed by atoms with E-state index in [-0.39, 0.29) is 18.1 Å². The van der Waals surface area contributed by atoms with E-state index in [2.05, 4.69) is 43.7 Å². The molecule has 2 heterocycles. The number of nitrogens with one attached hydrogen (secondary N) is 2. The fraction of sp³-hybridized carbons (Fsp3) is 0.167. The van der Waals surface area contributed by atoms with Gasteiger partial charge in [-0.15, -0.1) is 12.4 Å². The number of ether oxygens (including phenoxy) is 1. The Hall–Kier alpha value is -3.93. The monoisotopic (exact) mass is 461 g/mol. The third kappa shape index (κ3) is 5.86. The molecule has 0 aliphatic rings. The molecule has 0 bridgehead atoms. The maximum atomic E-state index is 9.03. The maximum absolute atomic E-state index is 9.03. The zero-order chi connectivity index (χ0) is 22.2. The molecule has 0 saturated carbocycles. The third-order valence-electron chi connectivity index (χ3n) is 4.94. The number of hydrogen-bond acceptors (Lipinski definition) is 7. The highest BCUT2D eigenvalue weighted by atomic mass is 35.5. The SMILES string of the molecule is COc1cc(CCNCc2ccccc2)ccc1N(c1cnc(C#N)cn1)c1cc[nH]n1.Cl. The summed E-state index contributed by atoms with van der Waals surface area (Å²) in [7, 11) is 1.64. The van der Waals surface area contributed by atoms with Gasteiger partial charge in [-0.25, -0.2) is 9.97 Å². The van der Waals surface area contributed by atoms with Crippen molar-refractivity contribution >= 4 is 29.7 Å². The quantitative estimate of drug-likeness (QED) is 0.358. The predicted molar refractivity (Wildman–Crippen MR) is 129 cm³/mol. The van der Waals surface area contributed by atoms with Crippen molar-refractivity contribution < 1.29 is 4.74 Å². The molecule has 0 aliphatic heterocycles. The van der Waals surface area contributed by atoms with Crippen molar-refractivity contribution in [2.75, 3.05) is 18.6 Å². The van der Waals surface area contributed by atoms with Crippen molar-refractivity contribution in [1.29, 1.82) is 5.26 Å². The number of anilines is 3. The average molecular weight is 462 g/mol. The first kappa shape index (κ1) is 23.7. The summed E-state index contributed by atoms with van der Waals surface area (Å²) in [6, 6.07) is 20.2. The molecule has 0 amide bonds. The average Bonchev–Trinajstić information content (AvgIpc) is 3.38. The van der Waals surface area contributed by atoms with Crippen molar-refractivity contribution in [2.45, 2.75) is 13.0 Å². The number of halogens is 1. The van der Waals surface area contributed by atoms with Gasteiger partial charge in [0.25, 0.3) is 0 Å². The van der Waals surface area contributed by atoms with E-state index in [4.69, 9.17) is 10.00 Å². The number of methoxy groups -OCH3 is 1. The van der Waals surface area contributed by atoms with Gasteiger partial charge < -0.3 is 10.1 Å². The van der Waals surface area contributed by atoms with Gasteiger partial charge in [-0.05, 0) is 36.2 Å². The van der Waals surface area contributed by atoms with E-state index in [0.29, 0.717) is 17.4 Å². The zero-order valence-corrected chi connectivity index (χ0v) is 18.9. The Morgan fingerprint density at radius 3 is 2.55 bits per heavy atom. The Kier molecular flexibility index (Phi) is 8.36. The number of rotatable bonds is 9. The standard InChI is InChI=1S/C24H23N7O.ClH/c1-32-22-13-18(9-11-26-15-19-5-3-2-4-6-19)7-8-21(22)31(23-10-12-29-30-23)24-17-27-20(14-25)16-28-24;/h2-8,10,12-13,16-17,26H,9,11,15H2,1H3,(H,29,30);1H. The Bertz CT molecular complexity index is 1180. The molecule has 168 valence electrons. The predicted octanol–water partition coefficient (Wildman–Crippen LogP) is 4.30. The van der Waals surface area contributed by atoms with E-state index >= 15 is 0 Å². The van der Waals surface area contributed by atoms with Gasteiger partial charge in [0, 0.05) is 18.8 Å². The topological polar surface area (TPSA) is 103 Å². The van der Waals surface area contributed by atoms with Gasteiger partial charge in [0.05, 0.1) is 25.2 Å². The van der Waals surface area contributed by atoms with E-state index in [0.717, 1.165) is 30.8 Å². The van der Waals surface area contributed by atoms with Gasteiger partial charge in [-0.1, -0.05) is 36.4 Å².